The molecule has 1 aliphatic carbocycles. The van der Waals surface area contributed by atoms with Gasteiger partial charge in [-0.3, -0.25) is 0 Å². The van der Waals surface area contributed by atoms with Crippen LogP contribution in [0.25, 0.3) is 11.3 Å². The van der Waals surface area contributed by atoms with E-state index in [0.29, 0.717) is 5.82 Å². The van der Waals surface area contributed by atoms with Crippen LogP contribution in [0.3, 0.4) is 0 Å². The van der Waals surface area contributed by atoms with Crippen molar-refractivity contribution in [3.63, 3.8) is 0 Å². The fraction of sp³-hybridized carbons (Fsp3) is 0.417. The number of hydrogen-bond acceptors (Lipinski definition) is 2. The van der Waals surface area contributed by atoms with Crippen molar-refractivity contribution in [2.45, 2.75) is 32.6 Å². The first kappa shape index (κ1) is 10.0. The number of nitrogen functional groups attached to an aromatic ring is 1. The first-order valence-electron chi connectivity index (χ1n) is 5.54. The third kappa shape index (κ3) is 2.12. The molecule has 1 aliphatic heterocycles. The van der Waals surface area contributed by atoms with Gasteiger partial charge >= 0.3 is 0 Å². The number of rotatable bonds is 4. The zero-order valence-corrected chi connectivity index (χ0v) is 9.09. The lowest BCUT2D eigenvalue weighted by atomic mass is 10.2. The highest BCUT2D eigenvalue weighted by molar-refractivity contribution is 5.73. The highest BCUT2D eigenvalue weighted by atomic mass is 15.0. The molecular formula is C12H17N3. The third-order valence-corrected chi connectivity index (χ3v) is 2.64. The standard InChI is InChI=1S/C12H17N3/c1-2-3-4-8-11-14-10-7-5-6-9(10)12(13)15-11/h5-7H,2-4,8,13H2,1H3,(H,14,15). The van der Waals surface area contributed by atoms with Crippen LogP contribution >= 0.6 is 0 Å². The molecule has 0 bridgehead atoms. The van der Waals surface area contributed by atoms with E-state index in [1.165, 1.54) is 19.3 Å². The van der Waals surface area contributed by atoms with Crippen LogP contribution in [0.4, 0.5) is 5.82 Å². The van der Waals surface area contributed by atoms with Gasteiger partial charge in [-0.1, -0.05) is 25.8 Å². The van der Waals surface area contributed by atoms with E-state index in [2.05, 4.69) is 16.9 Å². The van der Waals surface area contributed by atoms with Gasteiger partial charge in [0, 0.05) is 12.0 Å². The zero-order valence-electron chi connectivity index (χ0n) is 9.09. The summed E-state index contributed by atoms with van der Waals surface area (Å²) in [6.07, 6.45) is 4.63. The average Bonchev–Trinajstić information content (AvgIpc) is 2.66. The molecule has 0 radical (unpaired) electrons. The fourth-order valence-electron chi connectivity index (χ4n) is 1.80. The van der Waals surface area contributed by atoms with Crippen LogP contribution in [0.15, 0.2) is 18.2 Å². The highest BCUT2D eigenvalue weighted by Crippen LogP contribution is 2.25. The van der Waals surface area contributed by atoms with Gasteiger partial charge in [0.1, 0.15) is 11.6 Å². The zero-order chi connectivity index (χ0) is 10.7. The smallest absolute Gasteiger partial charge is 0.134 e. The van der Waals surface area contributed by atoms with Crippen LogP contribution in [0.2, 0.25) is 0 Å². The molecule has 0 unspecified atom stereocenters. The Bertz CT molecular complexity index is 406. The normalized spacial score (nSPS) is 11.0. The van der Waals surface area contributed by atoms with Crippen molar-refractivity contribution in [1.82, 2.24) is 9.97 Å². The number of nitrogens with one attached hydrogen (secondary N) is 1. The van der Waals surface area contributed by atoms with Gasteiger partial charge in [0.25, 0.3) is 0 Å². The monoisotopic (exact) mass is 203 g/mol. The topological polar surface area (TPSA) is 54.7 Å². The van der Waals surface area contributed by atoms with Crippen molar-refractivity contribution in [3.05, 3.63) is 24.0 Å². The van der Waals surface area contributed by atoms with Crippen LogP contribution in [0.5, 0.6) is 0 Å². The molecule has 0 atom stereocenters. The van der Waals surface area contributed by atoms with E-state index in [1.807, 2.05) is 18.2 Å². The quantitative estimate of drug-likeness (QED) is 0.751. The molecule has 0 saturated carbocycles. The predicted octanol–water partition coefficient (Wildman–Crippen LogP) is 2.83. The Hall–Kier alpha value is -1.51. The molecule has 0 fully saturated rings. The van der Waals surface area contributed by atoms with E-state index >= 15 is 0 Å². The summed E-state index contributed by atoms with van der Waals surface area (Å²) >= 11 is 0. The number of anilines is 1. The molecule has 0 aromatic carbocycles. The number of fused-ring (bicyclic) bond motifs is 1. The number of unbranched alkanes of at least 4 members (excludes halogenated alkanes) is 2. The maximum absolute atomic E-state index is 5.87. The van der Waals surface area contributed by atoms with Crippen molar-refractivity contribution < 1.29 is 0 Å². The summed E-state index contributed by atoms with van der Waals surface area (Å²) in [5, 5.41) is 0. The number of nitrogens with zero attached hydrogens (tertiary/aromatic N) is 1. The number of aryl methyl sites for hydroxylation is 1. The second-order valence-electron chi connectivity index (χ2n) is 3.88. The van der Waals surface area contributed by atoms with Crippen molar-refractivity contribution in [2.75, 3.05) is 5.73 Å². The summed E-state index contributed by atoms with van der Waals surface area (Å²) < 4.78 is 0. The van der Waals surface area contributed by atoms with Gasteiger partial charge < -0.3 is 10.7 Å². The van der Waals surface area contributed by atoms with Gasteiger partial charge in [0.2, 0.25) is 0 Å². The number of nitrogens with two attached hydrogens (primary N) is 1. The molecule has 80 valence electrons. The summed E-state index contributed by atoms with van der Waals surface area (Å²) in [5.41, 5.74) is 7.99. The molecule has 3 nitrogen and oxygen atoms in total. The Morgan fingerprint density at radius 2 is 2.20 bits per heavy atom. The minimum absolute atomic E-state index is 0.639. The molecule has 1 heterocycles. The Kier molecular flexibility index (Phi) is 2.90. The van der Waals surface area contributed by atoms with Gasteiger partial charge in [-0.05, 0) is 18.6 Å². The van der Waals surface area contributed by atoms with Gasteiger partial charge in [-0.15, -0.1) is 0 Å². The van der Waals surface area contributed by atoms with Crippen molar-refractivity contribution >= 4 is 5.82 Å². The van der Waals surface area contributed by atoms with Crippen molar-refractivity contribution in [1.29, 1.82) is 0 Å². The largest absolute Gasteiger partial charge is 0.383 e. The van der Waals surface area contributed by atoms with E-state index in [4.69, 9.17) is 5.73 Å². The number of hydrogen-bond donors (Lipinski definition) is 2. The van der Waals surface area contributed by atoms with Gasteiger partial charge in [-0.25, -0.2) is 4.98 Å². The molecule has 3 heteroatoms. The number of H-pyrrole nitrogens is 1. The van der Waals surface area contributed by atoms with E-state index in [-0.39, 0.29) is 0 Å². The summed E-state index contributed by atoms with van der Waals surface area (Å²) in [7, 11) is 0. The Labute approximate surface area is 90.1 Å². The molecule has 2 rings (SSSR count). The third-order valence-electron chi connectivity index (χ3n) is 2.64. The minimum Gasteiger partial charge on any atom is -0.383 e. The molecule has 0 aromatic rings. The van der Waals surface area contributed by atoms with E-state index in [1.54, 1.807) is 0 Å². The van der Waals surface area contributed by atoms with Gasteiger partial charge in [-0.2, -0.15) is 0 Å². The lowest BCUT2D eigenvalue weighted by molar-refractivity contribution is 0.695. The Balaban J connectivity index is 2.18. The van der Waals surface area contributed by atoms with E-state index in [9.17, 15) is 0 Å². The van der Waals surface area contributed by atoms with Crippen LogP contribution < -0.4 is 5.73 Å². The van der Waals surface area contributed by atoms with Crippen molar-refractivity contribution in [2.24, 2.45) is 0 Å². The minimum atomic E-state index is 0.639. The summed E-state index contributed by atoms with van der Waals surface area (Å²) in [6, 6.07) is 6.02. The first-order chi connectivity index (χ1) is 7.31. The van der Waals surface area contributed by atoms with Gasteiger partial charge in [0.05, 0.1) is 5.69 Å². The summed E-state index contributed by atoms with van der Waals surface area (Å²) in [5.74, 6) is 1.64. The maximum Gasteiger partial charge on any atom is 0.134 e. The first-order valence-corrected chi connectivity index (χ1v) is 5.54. The molecule has 0 amide bonds. The highest BCUT2D eigenvalue weighted by Gasteiger charge is 2.09. The van der Waals surface area contributed by atoms with E-state index in [0.717, 1.165) is 23.5 Å². The second-order valence-corrected chi connectivity index (χ2v) is 3.88. The van der Waals surface area contributed by atoms with Crippen LogP contribution in [-0.4, -0.2) is 9.97 Å². The Morgan fingerprint density at radius 3 is 3.00 bits per heavy atom. The van der Waals surface area contributed by atoms with Crippen molar-refractivity contribution in [3.8, 4) is 11.3 Å². The molecule has 15 heavy (non-hydrogen) atoms. The van der Waals surface area contributed by atoms with Crippen LogP contribution in [-0.2, 0) is 6.42 Å². The lowest BCUT2D eigenvalue weighted by Crippen LogP contribution is -2.02. The SMILES string of the molecule is CCCCCc1nc(N)c2cccc-2[nH]1. The number of aromatic amines is 1. The predicted molar refractivity (Wildman–Crippen MR) is 62.9 cm³/mol. The maximum atomic E-state index is 5.87. The molecule has 0 saturated heterocycles. The number of aromatic nitrogens is 2. The summed E-state index contributed by atoms with van der Waals surface area (Å²) in [6.45, 7) is 2.20. The summed E-state index contributed by atoms with van der Waals surface area (Å²) in [4.78, 5) is 7.68. The van der Waals surface area contributed by atoms with Crippen LogP contribution in [0.1, 0.15) is 32.0 Å². The lowest BCUT2D eigenvalue weighted by Gasteiger charge is -2.07. The van der Waals surface area contributed by atoms with Crippen LogP contribution in [0, 0.1) is 0 Å². The molecule has 0 spiro atoms. The Morgan fingerprint density at radius 1 is 1.33 bits per heavy atom. The fourth-order valence-corrected chi connectivity index (χ4v) is 1.80. The molecule has 2 aliphatic rings. The molecule has 0 aromatic heterocycles. The van der Waals surface area contributed by atoms with E-state index < -0.39 is 0 Å². The molecule has 3 N–H and O–H groups in total. The average molecular weight is 203 g/mol. The van der Waals surface area contributed by atoms with Gasteiger partial charge in [0.15, 0.2) is 0 Å². The molecular weight excluding hydrogens is 186 g/mol. The second kappa shape index (κ2) is 4.34.